The fraction of sp³-hybridized carbons (Fsp3) is 0.357. The van der Waals surface area contributed by atoms with Crippen LogP contribution in [0.15, 0.2) is 40.1 Å². The molecule has 0 unspecified atom stereocenters. The second-order valence-electron chi connectivity index (χ2n) is 3.97. The smallest absolute Gasteiger partial charge is 0.0953 e. The molecule has 0 fully saturated rings. The summed E-state index contributed by atoms with van der Waals surface area (Å²) < 4.78 is 12.0. The molecule has 0 heterocycles. The Kier molecular flexibility index (Phi) is 5.65. The Labute approximate surface area is 105 Å². The topological polar surface area (TPSA) is 40.9 Å². The third-order valence-corrected chi connectivity index (χ3v) is 3.68. The van der Waals surface area contributed by atoms with Crippen molar-refractivity contribution < 1.29 is 4.21 Å². The quantitative estimate of drug-likeness (QED) is 0.744. The third kappa shape index (κ3) is 4.54. The van der Waals surface area contributed by atoms with Crippen molar-refractivity contribution in [3.05, 3.63) is 40.8 Å². The first-order chi connectivity index (χ1) is 8.17. The minimum absolute atomic E-state index is 0.616. The summed E-state index contributed by atoms with van der Waals surface area (Å²) in [7, 11) is -1.21. The van der Waals surface area contributed by atoms with Crippen LogP contribution in [0.5, 0.6) is 0 Å². The van der Waals surface area contributed by atoms with Crippen LogP contribution in [-0.2, 0) is 10.8 Å². The average molecular weight is 247 g/mol. The van der Waals surface area contributed by atoms with Crippen LogP contribution < -0.4 is 0 Å². The van der Waals surface area contributed by atoms with E-state index in [1.165, 1.54) is 0 Å². The predicted molar refractivity (Wildman–Crippen MR) is 70.8 cm³/mol. The van der Waals surface area contributed by atoms with Crippen LogP contribution in [0, 0.1) is 18.3 Å². The first-order valence-corrected chi connectivity index (χ1v) is 6.96. The minimum Gasteiger partial charge on any atom is -0.250 e. The Morgan fingerprint density at radius 1 is 1.41 bits per heavy atom. The SMILES string of the molecule is CCCC/C(C#N)=C/[S@@](=O)c1ccc(C)cc1. The lowest BCUT2D eigenvalue weighted by Gasteiger charge is -1.99. The van der Waals surface area contributed by atoms with Gasteiger partial charge in [0.05, 0.1) is 16.9 Å². The van der Waals surface area contributed by atoms with E-state index in [0.29, 0.717) is 12.0 Å². The van der Waals surface area contributed by atoms with Crippen LogP contribution in [0.1, 0.15) is 31.7 Å². The van der Waals surface area contributed by atoms with Gasteiger partial charge in [0.25, 0.3) is 0 Å². The highest BCUT2D eigenvalue weighted by Crippen LogP contribution is 2.13. The molecule has 0 aliphatic rings. The molecule has 0 amide bonds. The number of aryl methyl sites for hydroxylation is 1. The van der Waals surface area contributed by atoms with Gasteiger partial charge in [-0.15, -0.1) is 0 Å². The lowest BCUT2D eigenvalue weighted by atomic mass is 10.1. The molecule has 2 nitrogen and oxygen atoms in total. The first-order valence-electron chi connectivity index (χ1n) is 5.75. The summed E-state index contributed by atoms with van der Waals surface area (Å²) in [5, 5.41) is 10.5. The maximum Gasteiger partial charge on any atom is 0.0953 e. The molecule has 0 N–H and O–H groups in total. The van der Waals surface area contributed by atoms with Gasteiger partial charge in [-0.05, 0) is 31.9 Å². The van der Waals surface area contributed by atoms with Gasteiger partial charge in [0, 0.05) is 15.9 Å². The lowest BCUT2D eigenvalue weighted by molar-refractivity contribution is 0.688. The molecule has 90 valence electrons. The number of unbranched alkanes of at least 4 members (excludes halogenated alkanes) is 1. The van der Waals surface area contributed by atoms with Gasteiger partial charge in [0.1, 0.15) is 0 Å². The predicted octanol–water partition coefficient (Wildman–Crippen LogP) is 3.70. The molecule has 0 aliphatic carbocycles. The monoisotopic (exact) mass is 247 g/mol. The van der Waals surface area contributed by atoms with Crippen LogP contribution in [0.4, 0.5) is 0 Å². The van der Waals surface area contributed by atoms with E-state index in [0.717, 1.165) is 23.3 Å². The second kappa shape index (κ2) is 7.03. The molecular formula is C14H17NOS. The van der Waals surface area contributed by atoms with E-state index in [1.54, 1.807) is 5.41 Å². The molecule has 17 heavy (non-hydrogen) atoms. The van der Waals surface area contributed by atoms with Crippen molar-refractivity contribution >= 4 is 10.8 Å². The highest BCUT2D eigenvalue weighted by atomic mass is 32.2. The van der Waals surface area contributed by atoms with Crippen molar-refractivity contribution in [2.75, 3.05) is 0 Å². The van der Waals surface area contributed by atoms with Crippen LogP contribution in [0.25, 0.3) is 0 Å². The van der Waals surface area contributed by atoms with Gasteiger partial charge in [-0.25, -0.2) is 4.21 Å². The molecule has 1 atom stereocenters. The molecular weight excluding hydrogens is 230 g/mol. The summed E-state index contributed by atoms with van der Waals surface area (Å²) in [5.74, 6) is 0. The van der Waals surface area contributed by atoms with Gasteiger partial charge < -0.3 is 0 Å². The van der Waals surface area contributed by atoms with Crippen molar-refractivity contribution in [2.45, 2.75) is 38.0 Å². The molecule has 0 aromatic heterocycles. The maximum absolute atomic E-state index is 12.0. The Balaban J connectivity index is 2.79. The van der Waals surface area contributed by atoms with Gasteiger partial charge in [-0.2, -0.15) is 5.26 Å². The fourth-order valence-electron chi connectivity index (χ4n) is 1.38. The largest absolute Gasteiger partial charge is 0.250 e. The van der Waals surface area contributed by atoms with Crippen LogP contribution >= 0.6 is 0 Å². The van der Waals surface area contributed by atoms with Crippen molar-refractivity contribution in [3.8, 4) is 6.07 Å². The first kappa shape index (κ1) is 13.7. The van der Waals surface area contributed by atoms with Crippen molar-refractivity contribution in [3.63, 3.8) is 0 Å². The second-order valence-corrected chi connectivity index (χ2v) is 5.27. The van der Waals surface area contributed by atoms with E-state index >= 15 is 0 Å². The normalized spacial score (nSPS) is 13.1. The molecule has 1 aromatic rings. The highest BCUT2D eigenvalue weighted by Gasteiger charge is 2.03. The number of hydrogen-bond acceptors (Lipinski definition) is 2. The van der Waals surface area contributed by atoms with Crippen LogP contribution in [-0.4, -0.2) is 4.21 Å². The number of hydrogen-bond donors (Lipinski definition) is 0. The summed E-state index contributed by atoms with van der Waals surface area (Å²) in [4.78, 5) is 0.750. The third-order valence-electron chi connectivity index (χ3n) is 2.45. The molecule has 1 aromatic carbocycles. The number of nitriles is 1. The molecule has 1 rings (SSSR count). The van der Waals surface area contributed by atoms with E-state index in [2.05, 4.69) is 13.0 Å². The van der Waals surface area contributed by atoms with E-state index in [1.807, 2.05) is 31.2 Å². The van der Waals surface area contributed by atoms with Gasteiger partial charge in [0.15, 0.2) is 0 Å². The molecule has 0 radical (unpaired) electrons. The standard InChI is InChI=1S/C14H17NOS/c1-3-4-5-13(10-15)11-17(16)14-8-6-12(2)7-9-14/h6-9,11H,3-5H2,1-2H3/b13-11-/t17-/m1/s1. The molecule has 0 aliphatic heterocycles. The number of benzene rings is 1. The molecule has 0 bridgehead atoms. The number of rotatable bonds is 5. The molecule has 0 saturated carbocycles. The summed E-state index contributed by atoms with van der Waals surface area (Å²) >= 11 is 0. The summed E-state index contributed by atoms with van der Waals surface area (Å²) in [6.45, 7) is 4.07. The molecule has 3 heteroatoms. The maximum atomic E-state index is 12.0. The molecule has 0 spiro atoms. The van der Waals surface area contributed by atoms with Crippen molar-refractivity contribution in [1.82, 2.24) is 0 Å². The van der Waals surface area contributed by atoms with Gasteiger partial charge in [-0.3, -0.25) is 0 Å². The molecule has 0 saturated heterocycles. The number of allylic oxidation sites excluding steroid dienone is 1. The highest BCUT2D eigenvalue weighted by molar-refractivity contribution is 7.88. The summed E-state index contributed by atoms with van der Waals surface area (Å²) in [5.41, 5.74) is 1.76. The van der Waals surface area contributed by atoms with Gasteiger partial charge in [-0.1, -0.05) is 31.0 Å². The zero-order valence-corrected chi connectivity index (χ0v) is 11.1. The Morgan fingerprint density at radius 3 is 2.59 bits per heavy atom. The van der Waals surface area contributed by atoms with E-state index in [-0.39, 0.29) is 0 Å². The summed E-state index contributed by atoms with van der Waals surface area (Å²) in [6.07, 6.45) is 2.71. The average Bonchev–Trinajstić information content (AvgIpc) is 2.35. The lowest BCUT2D eigenvalue weighted by Crippen LogP contribution is -1.90. The number of nitrogens with zero attached hydrogens (tertiary/aromatic N) is 1. The van der Waals surface area contributed by atoms with Crippen molar-refractivity contribution in [1.29, 1.82) is 5.26 Å². The van der Waals surface area contributed by atoms with Crippen LogP contribution in [0.2, 0.25) is 0 Å². The van der Waals surface area contributed by atoms with Crippen LogP contribution in [0.3, 0.4) is 0 Å². The Bertz CT molecular complexity index is 454. The minimum atomic E-state index is -1.21. The van der Waals surface area contributed by atoms with E-state index in [4.69, 9.17) is 5.26 Å². The Hall–Kier alpha value is -1.40. The van der Waals surface area contributed by atoms with Gasteiger partial charge >= 0.3 is 0 Å². The summed E-state index contributed by atoms with van der Waals surface area (Å²) in [6, 6.07) is 9.66. The zero-order chi connectivity index (χ0) is 12.7. The van der Waals surface area contributed by atoms with Crippen molar-refractivity contribution in [2.24, 2.45) is 0 Å². The van der Waals surface area contributed by atoms with E-state index < -0.39 is 10.8 Å². The van der Waals surface area contributed by atoms with Gasteiger partial charge in [0.2, 0.25) is 0 Å². The Morgan fingerprint density at radius 2 is 2.06 bits per heavy atom. The van der Waals surface area contributed by atoms with E-state index in [9.17, 15) is 4.21 Å². The zero-order valence-electron chi connectivity index (χ0n) is 10.3. The fourth-order valence-corrected chi connectivity index (χ4v) is 2.35.